The van der Waals surface area contributed by atoms with Crippen molar-refractivity contribution in [1.82, 2.24) is 0 Å². The maximum absolute atomic E-state index is 14.0. The van der Waals surface area contributed by atoms with Gasteiger partial charge in [-0.25, -0.2) is 8.78 Å². The zero-order valence-corrected chi connectivity index (χ0v) is 13.8. The molecule has 19 heavy (non-hydrogen) atoms. The van der Waals surface area contributed by atoms with Crippen molar-refractivity contribution >= 4 is 50.1 Å². The second-order valence-electron chi connectivity index (χ2n) is 3.83. The van der Waals surface area contributed by atoms with Crippen molar-refractivity contribution in [3.05, 3.63) is 66.2 Å². The van der Waals surface area contributed by atoms with Crippen LogP contribution in [0, 0.1) is 15.2 Å². The smallest absolute Gasteiger partial charge is 0.149 e. The highest BCUT2D eigenvalue weighted by Crippen LogP contribution is 2.34. The molecule has 0 amide bonds. The minimum Gasteiger partial charge on any atom is -0.384 e. The number of aliphatic hydroxyl groups excluding tert-OH is 1. The minimum atomic E-state index is -1.20. The maximum atomic E-state index is 14.0. The molecule has 0 saturated heterocycles. The van der Waals surface area contributed by atoms with Gasteiger partial charge in [-0.1, -0.05) is 23.7 Å². The molecule has 1 atom stereocenters. The lowest BCUT2D eigenvalue weighted by atomic mass is 10.0. The van der Waals surface area contributed by atoms with Crippen molar-refractivity contribution < 1.29 is 13.9 Å². The Labute approximate surface area is 135 Å². The molecule has 0 spiro atoms. The van der Waals surface area contributed by atoms with E-state index in [9.17, 15) is 13.9 Å². The summed E-state index contributed by atoms with van der Waals surface area (Å²) >= 11 is 10.8. The molecule has 0 saturated carbocycles. The highest BCUT2D eigenvalue weighted by atomic mass is 127. The SMILES string of the molecule is OC(c1ccc(F)cc1I)c1ccc(Br)c(Cl)c1F. The van der Waals surface area contributed by atoms with Gasteiger partial charge in [0.1, 0.15) is 17.7 Å². The number of aliphatic hydroxyl groups is 1. The normalized spacial score (nSPS) is 12.5. The summed E-state index contributed by atoms with van der Waals surface area (Å²) in [4.78, 5) is 0. The van der Waals surface area contributed by atoms with Crippen molar-refractivity contribution in [2.24, 2.45) is 0 Å². The predicted octanol–water partition coefficient (Wildman–Crippen LogP) is 5.07. The maximum Gasteiger partial charge on any atom is 0.149 e. The van der Waals surface area contributed by atoms with Crippen LogP contribution in [0.15, 0.2) is 34.8 Å². The number of benzene rings is 2. The fourth-order valence-corrected chi connectivity index (χ4v) is 2.89. The fraction of sp³-hybridized carbons (Fsp3) is 0.0769. The Kier molecular flexibility index (Phi) is 4.81. The zero-order chi connectivity index (χ0) is 14.2. The predicted molar refractivity (Wildman–Crippen MR) is 82.3 cm³/mol. The van der Waals surface area contributed by atoms with Gasteiger partial charge in [0.2, 0.25) is 0 Å². The molecule has 1 N–H and O–H groups in total. The molecule has 1 unspecified atom stereocenters. The second kappa shape index (κ2) is 6.03. The summed E-state index contributed by atoms with van der Waals surface area (Å²) in [7, 11) is 0. The van der Waals surface area contributed by atoms with Crippen LogP contribution in [0.5, 0.6) is 0 Å². The van der Waals surface area contributed by atoms with E-state index in [4.69, 9.17) is 11.6 Å². The summed E-state index contributed by atoms with van der Waals surface area (Å²) < 4.78 is 28.0. The molecule has 1 nitrogen and oxygen atoms in total. The summed E-state index contributed by atoms with van der Waals surface area (Å²) in [5, 5.41) is 10.1. The third-order valence-corrected chi connectivity index (χ3v) is 4.81. The Hall–Kier alpha value is -0.240. The summed E-state index contributed by atoms with van der Waals surface area (Å²) in [5.41, 5.74) is 0.483. The van der Waals surface area contributed by atoms with E-state index in [0.29, 0.717) is 13.6 Å². The van der Waals surface area contributed by atoms with E-state index in [1.54, 1.807) is 6.07 Å². The number of hydrogen-bond donors (Lipinski definition) is 1. The van der Waals surface area contributed by atoms with Crippen LogP contribution in [-0.2, 0) is 0 Å². The summed E-state index contributed by atoms with van der Waals surface area (Å²) in [6.07, 6.45) is -1.20. The van der Waals surface area contributed by atoms with Crippen molar-refractivity contribution in [3.8, 4) is 0 Å². The molecule has 0 radical (unpaired) electrons. The first-order valence-electron chi connectivity index (χ1n) is 5.18. The molecule has 0 aliphatic carbocycles. The van der Waals surface area contributed by atoms with Crippen molar-refractivity contribution in [2.75, 3.05) is 0 Å². The van der Waals surface area contributed by atoms with Crippen LogP contribution in [0.25, 0.3) is 0 Å². The zero-order valence-electron chi connectivity index (χ0n) is 9.30. The largest absolute Gasteiger partial charge is 0.384 e. The second-order valence-corrected chi connectivity index (χ2v) is 6.23. The first kappa shape index (κ1) is 15.2. The van der Waals surface area contributed by atoms with E-state index in [2.05, 4.69) is 15.9 Å². The number of hydrogen-bond acceptors (Lipinski definition) is 1. The average Bonchev–Trinajstić information content (AvgIpc) is 2.35. The van der Waals surface area contributed by atoms with Crippen LogP contribution in [0.3, 0.4) is 0 Å². The van der Waals surface area contributed by atoms with Crippen LogP contribution in [0.2, 0.25) is 5.02 Å². The monoisotopic (exact) mass is 458 g/mol. The molecule has 2 aromatic rings. The van der Waals surface area contributed by atoms with Crippen molar-refractivity contribution in [1.29, 1.82) is 0 Å². The van der Waals surface area contributed by atoms with E-state index in [1.165, 1.54) is 24.3 Å². The van der Waals surface area contributed by atoms with E-state index >= 15 is 0 Å². The van der Waals surface area contributed by atoms with Gasteiger partial charge in [-0.05, 0) is 62.3 Å². The lowest BCUT2D eigenvalue weighted by Crippen LogP contribution is -2.05. The molecule has 0 aromatic heterocycles. The Balaban J connectivity index is 2.50. The third-order valence-electron chi connectivity index (χ3n) is 2.62. The summed E-state index contributed by atoms with van der Waals surface area (Å²) in [5.74, 6) is -1.10. The van der Waals surface area contributed by atoms with E-state index in [-0.39, 0.29) is 10.6 Å². The highest BCUT2D eigenvalue weighted by Gasteiger charge is 2.20. The molecule has 100 valence electrons. The molecule has 0 bridgehead atoms. The molecule has 0 fully saturated rings. The average molecular weight is 459 g/mol. The molecular formula is C13H7BrClF2IO. The molecular weight excluding hydrogens is 452 g/mol. The van der Waals surface area contributed by atoms with Crippen LogP contribution in [0.4, 0.5) is 8.78 Å². The van der Waals surface area contributed by atoms with Crippen LogP contribution >= 0.6 is 50.1 Å². The number of rotatable bonds is 2. The van der Waals surface area contributed by atoms with Crippen molar-refractivity contribution in [2.45, 2.75) is 6.10 Å². The third kappa shape index (κ3) is 3.09. The Morgan fingerprint density at radius 2 is 1.79 bits per heavy atom. The van der Waals surface area contributed by atoms with E-state index in [0.717, 1.165) is 0 Å². The lowest BCUT2D eigenvalue weighted by molar-refractivity contribution is 0.214. The standard InChI is InChI=1S/C13H7BrClF2IO/c14-9-4-3-8(12(17)11(9)15)13(19)7-2-1-6(16)5-10(7)18/h1-5,13,19H. The van der Waals surface area contributed by atoms with Crippen LogP contribution in [-0.4, -0.2) is 5.11 Å². The Morgan fingerprint density at radius 1 is 1.16 bits per heavy atom. The first-order chi connectivity index (χ1) is 8.91. The molecule has 2 aromatic carbocycles. The highest BCUT2D eigenvalue weighted by molar-refractivity contribution is 14.1. The minimum absolute atomic E-state index is 0.0534. The van der Waals surface area contributed by atoms with Crippen LogP contribution < -0.4 is 0 Å². The molecule has 0 aliphatic heterocycles. The quantitative estimate of drug-likeness (QED) is 0.491. The molecule has 0 heterocycles. The van der Waals surface area contributed by atoms with Gasteiger partial charge in [-0.2, -0.15) is 0 Å². The number of halogens is 5. The Bertz CT molecular complexity index is 636. The summed E-state index contributed by atoms with van der Waals surface area (Å²) in [6.45, 7) is 0. The molecule has 0 aliphatic rings. The van der Waals surface area contributed by atoms with Gasteiger partial charge in [0.05, 0.1) is 5.02 Å². The lowest BCUT2D eigenvalue weighted by Gasteiger charge is -2.15. The molecule has 6 heteroatoms. The van der Waals surface area contributed by atoms with Gasteiger partial charge < -0.3 is 5.11 Å². The van der Waals surface area contributed by atoms with Gasteiger partial charge in [0, 0.05) is 13.6 Å². The van der Waals surface area contributed by atoms with E-state index < -0.39 is 17.7 Å². The summed E-state index contributed by atoms with van der Waals surface area (Å²) in [6, 6.07) is 6.92. The topological polar surface area (TPSA) is 20.2 Å². The van der Waals surface area contributed by atoms with Gasteiger partial charge in [-0.3, -0.25) is 0 Å². The fourth-order valence-electron chi connectivity index (χ4n) is 1.64. The Morgan fingerprint density at radius 3 is 2.42 bits per heavy atom. The first-order valence-corrected chi connectivity index (χ1v) is 7.43. The van der Waals surface area contributed by atoms with E-state index in [1.807, 2.05) is 22.6 Å². The van der Waals surface area contributed by atoms with Crippen molar-refractivity contribution in [3.63, 3.8) is 0 Å². The van der Waals surface area contributed by atoms with Gasteiger partial charge in [0.25, 0.3) is 0 Å². The van der Waals surface area contributed by atoms with Crippen LogP contribution in [0.1, 0.15) is 17.2 Å². The van der Waals surface area contributed by atoms with Gasteiger partial charge >= 0.3 is 0 Å². The van der Waals surface area contributed by atoms with Gasteiger partial charge in [-0.15, -0.1) is 0 Å². The molecule has 2 rings (SSSR count). The van der Waals surface area contributed by atoms with Gasteiger partial charge in [0.15, 0.2) is 0 Å².